The van der Waals surface area contributed by atoms with Crippen LogP contribution in [0.15, 0.2) is 62.5 Å². The fourth-order valence-corrected chi connectivity index (χ4v) is 5.89. The van der Waals surface area contributed by atoms with Crippen LogP contribution in [-0.4, -0.2) is 33.6 Å². The number of aromatic hydroxyl groups is 1. The third-order valence-corrected chi connectivity index (χ3v) is 7.66. The summed E-state index contributed by atoms with van der Waals surface area (Å²) in [4.78, 5) is 39.3. The van der Waals surface area contributed by atoms with E-state index < -0.39 is 23.0 Å². The number of hydrogen-bond donors (Lipinski definition) is 2. The molecule has 2 aromatic heterocycles. The van der Waals surface area contributed by atoms with E-state index >= 15 is 0 Å². The van der Waals surface area contributed by atoms with E-state index in [0.29, 0.717) is 30.7 Å². The first kappa shape index (κ1) is 25.0. The zero-order chi connectivity index (χ0) is 26.3. The van der Waals surface area contributed by atoms with Crippen molar-refractivity contribution in [2.24, 2.45) is 11.7 Å². The van der Waals surface area contributed by atoms with E-state index in [0.717, 1.165) is 36.3 Å². The van der Waals surface area contributed by atoms with Crippen LogP contribution in [0, 0.1) is 5.92 Å². The van der Waals surface area contributed by atoms with Crippen LogP contribution < -0.4 is 16.7 Å². The largest absolute Gasteiger partial charge is 0.502 e. The second kappa shape index (κ2) is 10.0. The monoisotopic (exact) mass is 503 g/mol. The molecule has 3 N–H and O–H groups in total. The number of piperidine rings is 1. The zero-order valence-corrected chi connectivity index (χ0v) is 21.2. The molecule has 1 aromatic carbocycles. The van der Waals surface area contributed by atoms with Crippen molar-refractivity contribution in [3.63, 3.8) is 0 Å². The van der Waals surface area contributed by atoms with Gasteiger partial charge in [-0.15, -0.1) is 0 Å². The Labute approximate surface area is 215 Å². The number of nitrogens with two attached hydrogens (primary N) is 1. The number of nitrogens with zero attached hydrogens (tertiary/aromatic N) is 2. The molecule has 194 valence electrons. The van der Waals surface area contributed by atoms with Crippen LogP contribution in [0.1, 0.15) is 72.8 Å². The molecule has 1 saturated heterocycles. The van der Waals surface area contributed by atoms with Gasteiger partial charge in [0.1, 0.15) is 5.76 Å². The van der Waals surface area contributed by atoms with E-state index in [-0.39, 0.29) is 23.7 Å². The number of primary amides is 1. The van der Waals surface area contributed by atoms with Crippen LogP contribution in [0.4, 0.5) is 0 Å². The molecule has 5 rings (SSSR count). The molecule has 4 heterocycles. The molecular weight excluding hydrogens is 470 g/mol. The van der Waals surface area contributed by atoms with Gasteiger partial charge in [0.15, 0.2) is 5.76 Å². The SMILES string of the molecule is CC(C)c1ccc(C(CC(N)=O)c2oc(CN3CC4CC(C3)c3cccc(=O)n3C4)cc(=O)c2O)cc1. The number of carbonyl (C=O) groups excluding carboxylic acids is 1. The number of rotatable bonds is 7. The number of benzene rings is 1. The Morgan fingerprint density at radius 2 is 1.81 bits per heavy atom. The van der Waals surface area contributed by atoms with E-state index in [2.05, 4.69) is 18.7 Å². The highest BCUT2D eigenvalue weighted by Gasteiger charge is 2.35. The summed E-state index contributed by atoms with van der Waals surface area (Å²) in [5, 5.41) is 10.7. The van der Waals surface area contributed by atoms with Crippen LogP contribution in [0.3, 0.4) is 0 Å². The standard InChI is InChI=1S/C29H33N3O5/c1-17(2)19-6-8-20(9-7-19)23(12-26(30)34)29-28(36)25(33)11-22(37-29)16-31-13-18-10-21(15-31)24-4-3-5-27(35)32(24)14-18/h3-9,11,17-18,21,23,36H,10,12-16H2,1-2H3,(H2,30,34). The topological polar surface area (TPSA) is 119 Å². The maximum absolute atomic E-state index is 12.8. The second-order valence-electron chi connectivity index (χ2n) is 10.7. The lowest BCUT2D eigenvalue weighted by Gasteiger charge is -2.42. The molecule has 0 spiro atoms. The minimum absolute atomic E-state index is 0.0387. The summed E-state index contributed by atoms with van der Waals surface area (Å²) in [7, 11) is 0. The minimum atomic E-state index is -0.675. The molecule has 0 radical (unpaired) electrons. The lowest BCUT2D eigenvalue weighted by atomic mass is 9.83. The Bertz CT molecular complexity index is 1420. The fourth-order valence-electron chi connectivity index (χ4n) is 5.89. The van der Waals surface area contributed by atoms with Gasteiger partial charge in [0.25, 0.3) is 5.56 Å². The Kier molecular flexibility index (Phi) is 6.77. The molecule has 2 aliphatic rings. The predicted octanol–water partition coefficient (Wildman–Crippen LogP) is 3.26. The van der Waals surface area contributed by atoms with Crippen LogP contribution in [-0.2, 0) is 17.9 Å². The third kappa shape index (κ3) is 5.11. The summed E-state index contributed by atoms with van der Waals surface area (Å²) in [6.07, 6.45) is 0.929. The lowest BCUT2D eigenvalue weighted by molar-refractivity contribution is -0.118. The Hall–Kier alpha value is -3.65. The highest BCUT2D eigenvalue weighted by atomic mass is 16.4. The van der Waals surface area contributed by atoms with Gasteiger partial charge in [0, 0.05) is 49.8 Å². The van der Waals surface area contributed by atoms with Crippen LogP contribution in [0.5, 0.6) is 5.75 Å². The average molecular weight is 504 g/mol. The van der Waals surface area contributed by atoms with E-state index in [1.54, 1.807) is 6.07 Å². The normalized spacial score (nSPS) is 20.0. The van der Waals surface area contributed by atoms with Gasteiger partial charge in [-0.1, -0.05) is 44.2 Å². The molecule has 2 aliphatic heterocycles. The minimum Gasteiger partial charge on any atom is -0.502 e. The molecule has 3 atom stereocenters. The first-order valence-corrected chi connectivity index (χ1v) is 12.9. The van der Waals surface area contributed by atoms with Crippen molar-refractivity contribution in [1.82, 2.24) is 9.47 Å². The summed E-state index contributed by atoms with van der Waals surface area (Å²) in [5.41, 5.74) is 7.98. The predicted molar refractivity (Wildman–Crippen MR) is 140 cm³/mol. The molecular formula is C29H33N3O5. The molecule has 3 unspecified atom stereocenters. The van der Waals surface area contributed by atoms with E-state index in [4.69, 9.17) is 10.2 Å². The maximum atomic E-state index is 12.8. The van der Waals surface area contributed by atoms with Gasteiger partial charge in [-0.25, -0.2) is 0 Å². The molecule has 8 heteroatoms. The van der Waals surface area contributed by atoms with E-state index in [1.165, 1.54) is 6.07 Å². The van der Waals surface area contributed by atoms with Crippen molar-refractivity contribution in [3.05, 3.63) is 97.4 Å². The van der Waals surface area contributed by atoms with Gasteiger partial charge in [-0.2, -0.15) is 0 Å². The van der Waals surface area contributed by atoms with Crippen molar-refractivity contribution in [2.75, 3.05) is 13.1 Å². The van der Waals surface area contributed by atoms with Crippen LogP contribution in [0.2, 0.25) is 0 Å². The van der Waals surface area contributed by atoms with E-state index in [9.17, 15) is 19.5 Å². The Balaban J connectivity index is 1.44. The molecule has 0 saturated carbocycles. The third-order valence-electron chi connectivity index (χ3n) is 7.66. The van der Waals surface area contributed by atoms with E-state index in [1.807, 2.05) is 41.0 Å². The van der Waals surface area contributed by atoms with Crippen molar-refractivity contribution in [1.29, 1.82) is 0 Å². The quantitative estimate of drug-likeness (QED) is 0.511. The molecule has 1 amide bonds. The van der Waals surface area contributed by atoms with Crippen molar-refractivity contribution in [2.45, 2.75) is 57.5 Å². The number of amides is 1. The summed E-state index contributed by atoms with van der Waals surface area (Å²) in [5.74, 6) is -0.332. The molecule has 1 fully saturated rings. The van der Waals surface area contributed by atoms with Crippen molar-refractivity contribution in [3.8, 4) is 5.75 Å². The number of hydrogen-bond acceptors (Lipinski definition) is 6. The maximum Gasteiger partial charge on any atom is 0.250 e. The first-order valence-electron chi connectivity index (χ1n) is 12.9. The second-order valence-corrected chi connectivity index (χ2v) is 10.7. The summed E-state index contributed by atoms with van der Waals surface area (Å²) >= 11 is 0. The van der Waals surface area contributed by atoms with Gasteiger partial charge in [-0.05, 0) is 35.4 Å². The van der Waals surface area contributed by atoms with Gasteiger partial charge >= 0.3 is 0 Å². The Morgan fingerprint density at radius 1 is 1.08 bits per heavy atom. The number of aromatic nitrogens is 1. The molecule has 0 aliphatic carbocycles. The Morgan fingerprint density at radius 3 is 2.51 bits per heavy atom. The van der Waals surface area contributed by atoms with Crippen molar-refractivity contribution >= 4 is 5.91 Å². The molecule has 37 heavy (non-hydrogen) atoms. The summed E-state index contributed by atoms with van der Waals surface area (Å²) in [6, 6.07) is 14.5. The van der Waals surface area contributed by atoms with Gasteiger partial charge < -0.3 is 19.8 Å². The number of pyridine rings is 1. The van der Waals surface area contributed by atoms with Crippen LogP contribution >= 0.6 is 0 Å². The van der Waals surface area contributed by atoms with Gasteiger partial charge in [0.2, 0.25) is 17.1 Å². The number of fused-ring (bicyclic) bond motifs is 4. The lowest BCUT2D eigenvalue weighted by Crippen LogP contribution is -2.46. The molecule has 2 bridgehead atoms. The molecule has 3 aromatic rings. The zero-order valence-electron chi connectivity index (χ0n) is 21.2. The average Bonchev–Trinajstić information content (AvgIpc) is 2.85. The van der Waals surface area contributed by atoms with Crippen molar-refractivity contribution < 1.29 is 14.3 Å². The summed E-state index contributed by atoms with van der Waals surface area (Å²) < 4.78 is 8.03. The van der Waals surface area contributed by atoms with Gasteiger partial charge in [-0.3, -0.25) is 19.3 Å². The highest BCUT2D eigenvalue weighted by molar-refractivity contribution is 5.75. The van der Waals surface area contributed by atoms with Crippen LogP contribution in [0.25, 0.3) is 0 Å². The van der Waals surface area contributed by atoms with Gasteiger partial charge in [0.05, 0.1) is 12.5 Å². The first-order chi connectivity index (χ1) is 17.7. The fraction of sp³-hybridized carbons (Fsp3) is 0.414. The number of likely N-dealkylation sites (tertiary alicyclic amines) is 1. The number of carbonyl (C=O) groups is 1. The smallest absolute Gasteiger partial charge is 0.250 e. The summed E-state index contributed by atoms with van der Waals surface area (Å²) in [6.45, 7) is 6.77. The highest BCUT2D eigenvalue weighted by Crippen LogP contribution is 2.37. The molecule has 8 nitrogen and oxygen atoms in total.